The maximum absolute atomic E-state index is 13.0. The molecule has 1 aromatic carbocycles. The van der Waals surface area contributed by atoms with Crippen LogP contribution >= 0.6 is 0 Å². The van der Waals surface area contributed by atoms with Crippen LogP contribution < -0.4 is 10.1 Å². The summed E-state index contributed by atoms with van der Waals surface area (Å²) in [5.41, 5.74) is 3.12. The number of carbonyl (C=O) groups is 2. The number of hydrogen-bond acceptors (Lipinski definition) is 6. The van der Waals surface area contributed by atoms with E-state index in [0.717, 1.165) is 43.7 Å². The molecule has 2 aliphatic heterocycles. The number of aryl methyl sites for hydroxylation is 1. The van der Waals surface area contributed by atoms with Gasteiger partial charge >= 0.3 is 5.97 Å². The summed E-state index contributed by atoms with van der Waals surface area (Å²) >= 11 is 0. The minimum atomic E-state index is -0.376. The van der Waals surface area contributed by atoms with Gasteiger partial charge < -0.3 is 19.5 Å². The van der Waals surface area contributed by atoms with Crippen LogP contribution in [-0.4, -0.2) is 55.1 Å². The Hall–Kier alpha value is -2.87. The molecule has 0 aliphatic carbocycles. The standard InChI is InChI=1S/C25H33N3O5/c1-4-28-22-20(14-25(16-26-23(22)29)8-10-32-11-9-25)21(27-28)12-17(2)15-33-24(30)18-6-5-7-19(13-18)31-3/h5-7,13,17H,4,8-12,14-16H2,1-3H3,(H,26,29)/t17-/m1/s1. The second kappa shape index (κ2) is 9.95. The molecule has 2 aromatic rings. The van der Waals surface area contributed by atoms with Gasteiger partial charge in [-0.2, -0.15) is 5.10 Å². The van der Waals surface area contributed by atoms with Crippen LogP contribution in [0.1, 0.15) is 58.8 Å². The van der Waals surface area contributed by atoms with E-state index in [1.807, 2.05) is 18.5 Å². The Kier molecular flexibility index (Phi) is 7.02. The zero-order valence-electron chi connectivity index (χ0n) is 19.7. The van der Waals surface area contributed by atoms with E-state index < -0.39 is 0 Å². The molecule has 1 amide bonds. The third-order valence-corrected chi connectivity index (χ3v) is 6.72. The van der Waals surface area contributed by atoms with Gasteiger partial charge in [0.05, 0.1) is 25.0 Å². The highest BCUT2D eigenvalue weighted by molar-refractivity contribution is 5.95. The van der Waals surface area contributed by atoms with Gasteiger partial charge in [-0.25, -0.2) is 4.79 Å². The van der Waals surface area contributed by atoms with E-state index in [2.05, 4.69) is 5.32 Å². The van der Waals surface area contributed by atoms with E-state index in [9.17, 15) is 9.59 Å². The van der Waals surface area contributed by atoms with Gasteiger partial charge in [0, 0.05) is 31.9 Å². The van der Waals surface area contributed by atoms with Crippen LogP contribution in [0.2, 0.25) is 0 Å². The Morgan fingerprint density at radius 3 is 2.85 bits per heavy atom. The SMILES string of the molecule is CCn1nc(C[C@@H](C)COC(=O)c2cccc(OC)c2)c2c1C(=O)NCC1(CCOCC1)C2. The summed E-state index contributed by atoms with van der Waals surface area (Å²) in [6, 6.07) is 6.94. The number of nitrogens with zero attached hydrogens (tertiary/aromatic N) is 2. The number of nitrogens with one attached hydrogen (secondary N) is 1. The van der Waals surface area contributed by atoms with Crippen molar-refractivity contribution in [1.29, 1.82) is 0 Å². The Morgan fingerprint density at radius 2 is 2.12 bits per heavy atom. The third kappa shape index (κ3) is 5.05. The van der Waals surface area contributed by atoms with Crippen molar-refractivity contribution in [2.24, 2.45) is 11.3 Å². The molecular weight excluding hydrogens is 422 g/mol. The summed E-state index contributed by atoms with van der Waals surface area (Å²) < 4.78 is 18.2. The number of ether oxygens (including phenoxy) is 3. The van der Waals surface area contributed by atoms with E-state index in [-0.39, 0.29) is 29.8 Å². The molecule has 1 N–H and O–H groups in total. The van der Waals surface area contributed by atoms with Crippen molar-refractivity contribution in [2.45, 2.75) is 46.1 Å². The Labute approximate surface area is 194 Å². The summed E-state index contributed by atoms with van der Waals surface area (Å²) in [5.74, 6) is 0.247. The Morgan fingerprint density at radius 1 is 1.33 bits per heavy atom. The molecule has 0 saturated carbocycles. The molecule has 3 heterocycles. The van der Waals surface area contributed by atoms with Crippen molar-refractivity contribution < 1.29 is 23.8 Å². The zero-order chi connectivity index (χ0) is 23.4. The third-order valence-electron chi connectivity index (χ3n) is 6.72. The van der Waals surface area contributed by atoms with Gasteiger partial charge in [0.1, 0.15) is 11.4 Å². The normalized spacial score (nSPS) is 18.2. The average molecular weight is 456 g/mol. The summed E-state index contributed by atoms with van der Waals surface area (Å²) in [6.45, 7) is 7.05. The molecule has 1 spiro atoms. The molecule has 8 heteroatoms. The largest absolute Gasteiger partial charge is 0.497 e. The lowest BCUT2D eigenvalue weighted by atomic mass is 9.75. The van der Waals surface area contributed by atoms with E-state index >= 15 is 0 Å². The minimum absolute atomic E-state index is 0.0115. The van der Waals surface area contributed by atoms with E-state index in [1.54, 1.807) is 31.4 Å². The lowest BCUT2D eigenvalue weighted by molar-refractivity contribution is 0.0160. The van der Waals surface area contributed by atoms with Crippen molar-refractivity contribution in [1.82, 2.24) is 15.1 Å². The molecule has 1 fully saturated rings. The molecule has 1 saturated heterocycles. The first-order valence-electron chi connectivity index (χ1n) is 11.7. The first kappa shape index (κ1) is 23.3. The molecule has 4 rings (SSSR count). The lowest BCUT2D eigenvalue weighted by Crippen LogP contribution is -2.40. The molecule has 0 unspecified atom stereocenters. The van der Waals surface area contributed by atoms with Crippen LogP contribution in [0, 0.1) is 11.3 Å². The van der Waals surface area contributed by atoms with Crippen molar-refractivity contribution in [3.05, 3.63) is 46.8 Å². The number of rotatable bonds is 7. The fourth-order valence-electron chi connectivity index (χ4n) is 4.77. The predicted octanol–water partition coefficient (Wildman–Crippen LogP) is 3.03. The number of amides is 1. The van der Waals surface area contributed by atoms with Gasteiger partial charge in [-0.15, -0.1) is 0 Å². The monoisotopic (exact) mass is 455 g/mol. The molecule has 33 heavy (non-hydrogen) atoms. The molecule has 8 nitrogen and oxygen atoms in total. The van der Waals surface area contributed by atoms with Crippen LogP contribution in [0.5, 0.6) is 5.75 Å². The molecule has 2 aliphatic rings. The summed E-state index contributed by atoms with van der Waals surface area (Å²) in [4.78, 5) is 25.4. The highest BCUT2D eigenvalue weighted by atomic mass is 16.5. The second-order valence-corrected chi connectivity index (χ2v) is 9.20. The van der Waals surface area contributed by atoms with E-state index in [1.165, 1.54) is 0 Å². The molecule has 178 valence electrons. The zero-order valence-corrected chi connectivity index (χ0v) is 19.7. The maximum Gasteiger partial charge on any atom is 0.338 e. The van der Waals surface area contributed by atoms with Gasteiger partial charge in [-0.05, 0) is 62.1 Å². The molecule has 0 radical (unpaired) electrons. The van der Waals surface area contributed by atoms with Gasteiger partial charge in [-0.3, -0.25) is 9.48 Å². The van der Waals surface area contributed by atoms with Crippen molar-refractivity contribution in [3.8, 4) is 5.75 Å². The first-order chi connectivity index (χ1) is 15.9. The molecule has 0 bridgehead atoms. The quantitative estimate of drug-likeness (QED) is 0.646. The van der Waals surface area contributed by atoms with Gasteiger partial charge in [0.15, 0.2) is 0 Å². The van der Waals surface area contributed by atoms with E-state index in [0.29, 0.717) is 36.5 Å². The number of esters is 1. The van der Waals surface area contributed by atoms with Crippen LogP contribution in [-0.2, 0) is 28.9 Å². The second-order valence-electron chi connectivity index (χ2n) is 9.20. The fraction of sp³-hybridized carbons (Fsp3) is 0.560. The predicted molar refractivity (Wildman–Crippen MR) is 123 cm³/mol. The van der Waals surface area contributed by atoms with Crippen molar-refractivity contribution in [3.63, 3.8) is 0 Å². The summed E-state index contributed by atoms with van der Waals surface area (Å²) in [7, 11) is 1.57. The smallest absolute Gasteiger partial charge is 0.338 e. The van der Waals surface area contributed by atoms with Crippen molar-refractivity contribution >= 4 is 11.9 Å². The van der Waals surface area contributed by atoms with E-state index in [4.69, 9.17) is 19.3 Å². The van der Waals surface area contributed by atoms with Crippen molar-refractivity contribution in [2.75, 3.05) is 33.5 Å². The molecule has 1 atom stereocenters. The minimum Gasteiger partial charge on any atom is -0.497 e. The number of hydrogen-bond donors (Lipinski definition) is 1. The number of benzene rings is 1. The van der Waals surface area contributed by atoms with Gasteiger partial charge in [0.25, 0.3) is 5.91 Å². The Balaban J connectivity index is 1.48. The summed E-state index contributed by atoms with van der Waals surface area (Å²) in [5, 5.41) is 7.93. The van der Waals surface area contributed by atoms with Gasteiger partial charge in [-0.1, -0.05) is 13.0 Å². The van der Waals surface area contributed by atoms with Crippen LogP contribution in [0.3, 0.4) is 0 Å². The highest BCUT2D eigenvalue weighted by Crippen LogP contribution is 2.38. The Bertz CT molecular complexity index is 1010. The van der Waals surface area contributed by atoms with Crippen LogP contribution in [0.25, 0.3) is 0 Å². The number of fused-ring (bicyclic) bond motifs is 1. The summed E-state index contributed by atoms with van der Waals surface area (Å²) in [6.07, 6.45) is 3.31. The fourth-order valence-corrected chi connectivity index (χ4v) is 4.77. The lowest BCUT2D eigenvalue weighted by Gasteiger charge is -2.36. The first-order valence-corrected chi connectivity index (χ1v) is 11.7. The maximum atomic E-state index is 13.0. The number of methoxy groups -OCH3 is 1. The van der Waals surface area contributed by atoms with Crippen LogP contribution in [0.4, 0.5) is 0 Å². The highest BCUT2D eigenvalue weighted by Gasteiger charge is 2.39. The topological polar surface area (TPSA) is 91.7 Å². The molecule has 1 aromatic heterocycles. The number of carbonyl (C=O) groups excluding carboxylic acids is 2. The van der Waals surface area contributed by atoms with Crippen LogP contribution in [0.15, 0.2) is 24.3 Å². The average Bonchev–Trinajstić information content (AvgIpc) is 3.10. The molecular formula is C25H33N3O5. The number of aromatic nitrogens is 2. The van der Waals surface area contributed by atoms with Gasteiger partial charge in [0.2, 0.25) is 0 Å².